The van der Waals surface area contributed by atoms with Crippen LogP contribution in [0.5, 0.6) is 0 Å². The molecule has 0 spiro atoms. The maximum atomic E-state index is 11.7. The van der Waals surface area contributed by atoms with Gasteiger partial charge in [0.05, 0.1) is 10.9 Å². The van der Waals surface area contributed by atoms with Gasteiger partial charge in [0.2, 0.25) is 10.0 Å². The van der Waals surface area contributed by atoms with Crippen LogP contribution >= 0.6 is 0 Å². The van der Waals surface area contributed by atoms with Gasteiger partial charge in [-0.2, -0.15) is 0 Å². The largest absolute Gasteiger partial charge is 0.393 e. The molecule has 0 aromatic heterocycles. The summed E-state index contributed by atoms with van der Waals surface area (Å²) >= 11 is 0. The fraction of sp³-hybridized carbons (Fsp3) is 1.00. The number of aliphatic hydroxyl groups excluding tert-OH is 1. The number of sulfonamides is 1. The number of aliphatic hydroxyl groups is 1. The molecule has 1 fully saturated rings. The maximum Gasteiger partial charge on any atom is 0.216 e. The van der Waals surface area contributed by atoms with E-state index in [1.165, 1.54) is 0 Å². The van der Waals surface area contributed by atoms with Crippen molar-refractivity contribution in [2.45, 2.75) is 50.9 Å². The monoisotopic (exact) mass is 235 g/mol. The summed E-state index contributed by atoms with van der Waals surface area (Å²) < 4.78 is 25.2. The topological polar surface area (TPSA) is 66.4 Å². The maximum absolute atomic E-state index is 11.7. The van der Waals surface area contributed by atoms with Crippen LogP contribution in [0.15, 0.2) is 0 Å². The van der Waals surface area contributed by atoms with Gasteiger partial charge in [-0.15, -0.1) is 0 Å². The van der Waals surface area contributed by atoms with Gasteiger partial charge in [0.1, 0.15) is 0 Å². The van der Waals surface area contributed by atoms with Crippen molar-refractivity contribution in [2.24, 2.45) is 5.92 Å². The number of hydrogen-bond donors (Lipinski definition) is 2. The summed E-state index contributed by atoms with van der Waals surface area (Å²) in [4.78, 5) is 0. The Labute approximate surface area is 92.1 Å². The Balaban J connectivity index is 2.50. The van der Waals surface area contributed by atoms with Crippen molar-refractivity contribution in [1.82, 2.24) is 4.72 Å². The van der Waals surface area contributed by atoms with Crippen molar-refractivity contribution in [3.8, 4) is 0 Å². The van der Waals surface area contributed by atoms with Crippen LogP contribution in [0.1, 0.15) is 40.0 Å². The fourth-order valence-corrected chi connectivity index (χ4v) is 2.56. The molecule has 0 aromatic rings. The third-order valence-corrected chi connectivity index (χ3v) is 5.12. The van der Waals surface area contributed by atoms with Gasteiger partial charge in [0, 0.05) is 6.54 Å². The molecule has 0 aromatic carbocycles. The van der Waals surface area contributed by atoms with E-state index < -0.39 is 14.8 Å². The molecule has 0 aliphatic heterocycles. The van der Waals surface area contributed by atoms with E-state index in [9.17, 15) is 13.5 Å². The van der Waals surface area contributed by atoms with Gasteiger partial charge in [-0.3, -0.25) is 0 Å². The SMILES string of the molecule is CC(C)(C)S(=O)(=O)NCC1CCCC1O. The summed E-state index contributed by atoms with van der Waals surface area (Å²) in [6.07, 6.45) is 2.35. The Bertz CT molecular complexity index is 305. The molecule has 4 nitrogen and oxygen atoms in total. The highest BCUT2D eigenvalue weighted by Gasteiger charge is 2.31. The molecule has 1 rings (SSSR count). The van der Waals surface area contributed by atoms with E-state index in [0.29, 0.717) is 6.54 Å². The van der Waals surface area contributed by atoms with Gasteiger partial charge in [0.25, 0.3) is 0 Å². The van der Waals surface area contributed by atoms with Crippen LogP contribution in [0.25, 0.3) is 0 Å². The highest BCUT2D eigenvalue weighted by Crippen LogP contribution is 2.25. The summed E-state index contributed by atoms with van der Waals surface area (Å²) in [6.45, 7) is 5.36. The molecule has 90 valence electrons. The quantitative estimate of drug-likeness (QED) is 0.762. The summed E-state index contributed by atoms with van der Waals surface area (Å²) in [5.41, 5.74) is 0. The molecule has 1 aliphatic carbocycles. The van der Waals surface area contributed by atoms with E-state index in [1.54, 1.807) is 20.8 Å². The van der Waals surface area contributed by atoms with Crippen molar-refractivity contribution in [2.75, 3.05) is 6.54 Å². The zero-order chi connectivity index (χ0) is 11.7. The second kappa shape index (κ2) is 4.39. The molecule has 0 radical (unpaired) electrons. The van der Waals surface area contributed by atoms with E-state index in [4.69, 9.17) is 0 Å². The lowest BCUT2D eigenvalue weighted by atomic mass is 10.1. The molecule has 1 saturated carbocycles. The fourth-order valence-electron chi connectivity index (χ4n) is 1.69. The smallest absolute Gasteiger partial charge is 0.216 e. The normalized spacial score (nSPS) is 28.3. The molecule has 2 N–H and O–H groups in total. The molecule has 2 unspecified atom stereocenters. The Morgan fingerprint density at radius 3 is 2.33 bits per heavy atom. The van der Waals surface area contributed by atoms with Crippen molar-refractivity contribution in [3.05, 3.63) is 0 Å². The molecule has 5 heteroatoms. The number of rotatable bonds is 3. The molecular weight excluding hydrogens is 214 g/mol. The van der Waals surface area contributed by atoms with Crippen LogP contribution in [0.2, 0.25) is 0 Å². The van der Waals surface area contributed by atoms with Gasteiger partial charge in [-0.1, -0.05) is 6.42 Å². The first-order valence-electron chi connectivity index (χ1n) is 5.41. The molecule has 1 aliphatic rings. The first-order valence-corrected chi connectivity index (χ1v) is 6.89. The predicted octanol–water partition coefficient (Wildman–Crippen LogP) is 0.865. The first-order chi connectivity index (χ1) is 6.74. The van der Waals surface area contributed by atoms with Crippen LogP contribution in [0.3, 0.4) is 0 Å². The lowest BCUT2D eigenvalue weighted by molar-refractivity contribution is 0.134. The van der Waals surface area contributed by atoms with Crippen LogP contribution in [0, 0.1) is 5.92 Å². The molecule has 15 heavy (non-hydrogen) atoms. The van der Waals surface area contributed by atoms with E-state index in [-0.39, 0.29) is 12.0 Å². The van der Waals surface area contributed by atoms with Gasteiger partial charge < -0.3 is 5.11 Å². The van der Waals surface area contributed by atoms with Gasteiger partial charge in [-0.25, -0.2) is 13.1 Å². The van der Waals surface area contributed by atoms with Crippen molar-refractivity contribution >= 4 is 10.0 Å². The average molecular weight is 235 g/mol. The van der Waals surface area contributed by atoms with Gasteiger partial charge >= 0.3 is 0 Å². The van der Waals surface area contributed by atoms with Crippen LogP contribution in [0.4, 0.5) is 0 Å². The zero-order valence-corrected chi connectivity index (χ0v) is 10.5. The second-order valence-electron chi connectivity index (χ2n) is 5.22. The van der Waals surface area contributed by atoms with Gasteiger partial charge in [0.15, 0.2) is 0 Å². The zero-order valence-electron chi connectivity index (χ0n) is 9.66. The highest BCUT2D eigenvalue weighted by atomic mass is 32.2. The van der Waals surface area contributed by atoms with Crippen LogP contribution in [-0.4, -0.2) is 30.9 Å². The summed E-state index contributed by atoms with van der Waals surface area (Å²) in [7, 11) is -3.27. The first kappa shape index (κ1) is 12.9. The van der Waals surface area contributed by atoms with Crippen molar-refractivity contribution < 1.29 is 13.5 Å². The van der Waals surface area contributed by atoms with Crippen molar-refractivity contribution in [3.63, 3.8) is 0 Å². The highest BCUT2D eigenvalue weighted by molar-refractivity contribution is 7.90. The van der Waals surface area contributed by atoms with E-state index in [1.807, 2.05) is 0 Å². The van der Waals surface area contributed by atoms with Crippen LogP contribution in [-0.2, 0) is 10.0 Å². The lowest BCUT2D eigenvalue weighted by Gasteiger charge is -2.22. The second-order valence-corrected chi connectivity index (χ2v) is 7.74. The molecule has 2 atom stereocenters. The summed E-state index contributed by atoms with van der Waals surface area (Å²) in [5.74, 6) is 0.0853. The third kappa shape index (κ3) is 3.16. The van der Waals surface area contributed by atoms with E-state index >= 15 is 0 Å². The third-order valence-electron chi connectivity index (χ3n) is 2.96. The number of nitrogens with one attached hydrogen (secondary N) is 1. The summed E-state index contributed by atoms with van der Waals surface area (Å²) in [5, 5.41) is 9.55. The molecule has 0 amide bonds. The molecule has 0 saturated heterocycles. The molecular formula is C10H21NO3S. The minimum absolute atomic E-state index is 0.0853. The van der Waals surface area contributed by atoms with Gasteiger partial charge in [-0.05, 0) is 39.5 Å². The lowest BCUT2D eigenvalue weighted by Crippen LogP contribution is -2.42. The summed E-state index contributed by atoms with van der Waals surface area (Å²) in [6, 6.07) is 0. The predicted molar refractivity (Wildman–Crippen MR) is 60.0 cm³/mol. The molecule has 0 bridgehead atoms. The standard InChI is InChI=1S/C10H21NO3S/c1-10(2,3)15(13,14)11-7-8-5-4-6-9(8)12/h8-9,11-12H,4-7H2,1-3H3. The minimum atomic E-state index is -3.27. The Kier molecular flexibility index (Phi) is 3.79. The van der Waals surface area contributed by atoms with E-state index in [2.05, 4.69) is 4.72 Å². The average Bonchev–Trinajstić information content (AvgIpc) is 2.46. The van der Waals surface area contributed by atoms with Crippen molar-refractivity contribution in [1.29, 1.82) is 0 Å². The molecule has 0 heterocycles. The number of hydrogen-bond acceptors (Lipinski definition) is 3. The van der Waals surface area contributed by atoms with Crippen LogP contribution < -0.4 is 4.72 Å². The Morgan fingerprint density at radius 2 is 1.93 bits per heavy atom. The minimum Gasteiger partial charge on any atom is -0.393 e. The Morgan fingerprint density at radius 1 is 1.33 bits per heavy atom. The van der Waals surface area contributed by atoms with E-state index in [0.717, 1.165) is 19.3 Å². The Hall–Kier alpha value is -0.130.